The molecule has 1 aliphatic rings. The molecule has 1 aliphatic heterocycles. The number of hydrogen-bond acceptors (Lipinski definition) is 14. The fraction of sp³-hybridized carbons (Fsp3) is 0.276. The molecule has 2 heterocycles. The van der Waals surface area contributed by atoms with Crippen molar-refractivity contribution in [3.05, 3.63) is 82.9 Å². The van der Waals surface area contributed by atoms with E-state index in [-0.39, 0.29) is 44.7 Å². The summed E-state index contributed by atoms with van der Waals surface area (Å²) < 4.78 is 45.2. The summed E-state index contributed by atoms with van der Waals surface area (Å²) in [5.41, 5.74) is 3.54. The number of thiazole rings is 1. The van der Waals surface area contributed by atoms with Crippen LogP contribution in [0.5, 0.6) is 0 Å². The molecule has 1 fully saturated rings. The average molecular weight is 759 g/mol. The second kappa shape index (κ2) is 17.2. The normalized spacial score (nSPS) is 16.1. The van der Waals surface area contributed by atoms with Gasteiger partial charge in [0.05, 0.1) is 0 Å². The standard InChI is InChI=1S/C29H29ClN6O11S2.Na/c1-29(2,26(40)46-23(16-9-5-3-6-10-16)17-11-7-4-8-12-17)47-35-21(18-15-48-28(32-18)33-20(37)13-30)24(38)34-22-19(14-45-27(31)41)36(25(22)39)49(42,43)44;/h3-12,15,19,22-23H,13-14H2,1-2H3,(H2,31,41)(H,34,38)(H,32,33,37)(H,42,43,44);/q;+1/p-1. The van der Waals surface area contributed by atoms with E-state index in [0.29, 0.717) is 11.1 Å². The predicted molar refractivity (Wildman–Crippen MR) is 172 cm³/mol. The second-order valence-electron chi connectivity index (χ2n) is 10.6. The quantitative estimate of drug-likeness (QED) is 0.0320. The topological polar surface area (TPSA) is 249 Å². The van der Waals surface area contributed by atoms with Gasteiger partial charge in [0.15, 0.2) is 27.3 Å². The van der Waals surface area contributed by atoms with Crippen LogP contribution >= 0.6 is 22.9 Å². The molecule has 0 bridgehead atoms. The van der Waals surface area contributed by atoms with Crippen molar-refractivity contribution in [1.82, 2.24) is 14.6 Å². The van der Waals surface area contributed by atoms with E-state index in [1.165, 1.54) is 19.2 Å². The zero-order chi connectivity index (χ0) is 35.9. The van der Waals surface area contributed by atoms with Crippen LogP contribution in [0.15, 0.2) is 71.2 Å². The number of primary amides is 1. The maximum absolute atomic E-state index is 13.5. The third-order valence-electron chi connectivity index (χ3n) is 6.71. The van der Waals surface area contributed by atoms with E-state index in [9.17, 15) is 36.9 Å². The van der Waals surface area contributed by atoms with Crippen molar-refractivity contribution >= 4 is 73.9 Å². The van der Waals surface area contributed by atoms with Crippen LogP contribution in [0.2, 0.25) is 0 Å². The molecule has 2 aromatic carbocycles. The number of carbonyl (C=O) groups is 5. The maximum Gasteiger partial charge on any atom is 1.00 e. The molecule has 0 spiro atoms. The molecular weight excluding hydrogens is 731 g/mol. The predicted octanol–water partition coefficient (Wildman–Crippen LogP) is -1.59. The van der Waals surface area contributed by atoms with Gasteiger partial charge in [0.2, 0.25) is 11.5 Å². The second-order valence-corrected chi connectivity index (χ2v) is 13.0. The van der Waals surface area contributed by atoms with Gasteiger partial charge in [-0.3, -0.25) is 14.4 Å². The van der Waals surface area contributed by atoms with E-state index in [0.717, 1.165) is 11.3 Å². The van der Waals surface area contributed by atoms with Gasteiger partial charge in [-0.25, -0.2) is 27.3 Å². The van der Waals surface area contributed by atoms with E-state index in [4.69, 9.17) is 26.9 Å². The minimum atomic E-state index is -5.37. The Bertz CT molecular complexity index is 1820. The summed E-state index contributed by atoms with van der Waals surface area (Å²) in [5, 5.41) is 9.72. The molecule has 2 unspecified atom stereocenters. The number of alkyl halides is 1. The maximum atomic E-state index is 13.5. The zero-order valence-corrected chi connectivity index (χ0v) is 31.0. The van der Waals surface area contributed by atoms with Gasteiger partial charge in [-0.1, -0.05) is 65.8 Å². The fourth-order valence-electron chi connectivity index (χ4n) is 4.32. The molecule has 1 saturated heterocycles. The van der Waals surface area contributed by atoms with Crippen molar-refractivity contribution in [2.75, 3.05) is 17.8 Å². The molecular formula is C29H28ClN6NaO11S2. The number of nitrogens with two attached hydrogens (primary N) is 1. The number of ether oxygens (including phenoxy) is 2. The first-order valence-corrected chi connectivity index (χ1v) is 16.8. The number of hydrogen-bond donors (Lipinski definition) is 3. The van der Waals surface area contributed by atoms with Crippen molar-refractivity contribution in [3.8, 4) is 0 Å². The summed E-state index contributed by atoms with van der Waals surface area (Å²) in [6, 6.07) is 14.4. The summed E-state index contributed by atoms with van der Waals surface area (Å²) in [6.45, 7) is 1.78. The smallest absolute Gasteiger partial charge is 0.731 e. The van der Waals surface area contributed by atoms with Crippen LogP contribution in [-0.4, -0.2) is 87.9 Å². The first-order chi connectivity index (χ1) is 23.1. The Morgan fingerprint density at radius 2 is 1.68 bits per heavy atom. The molecule has 0 saturated carbocycles. The van der Waals surface area contributed by atoms with Crippen molar-refractivity contribution in [2.45, 2.75) is 37.6 Å². The summed E-state index contributed by atoms with van der Waals surface area (Å²) in [5.74, 6) is -4.45. The van der Waals surface area contributed by atoms with Crippen LogP contribution < -0.4 is 45.9 Å². The molecule has 3 aromatic rings. The first kappa shape index (κ1) is 40.3. The van der Waals surface area contributed by atoms with Gasteiger partial charge in [0, 0.05) is 5.38 Å². The van der Waals surface area contributed by atoms with Crippen LogP contribution in [0.4, 0.5) is 9.93 Å². The molecule has 4 rings (SSSR count). The molecule has 2 atom stereocenters. The number of β-lactam (4-membered cyclic amide) rings is 1. The van der Waals surface area contributed by atoms with E-state index >= 15 is 0 Å². The molecule has 0 radical (unpaired) electrons. The third-order valence-corrected chi connectivity index (χ3v) is 8.64. The Morgan fingerprint density at radius 1 is 1.10 bits per heavy atom. The van der Waals surface area contributed by atoms with E-state index in [2.05, 4.69) is 25.5 Å². The molecule has 0 aliphatic carbocycles. The molecule has 1 aromatic heterocycles. The number of esters is 1. The number of amides is 4. The number of nitrogens with one attached hydrogen (secondary N) is 2. The van der Waals surface area contributed by atoms with Crippen molar-refractivity contribution in [3.63, 3.8) is 0 Å². The van der Waals surface area contributed by atoms with Crippen LogP contribution in [0, 0.1) is 0 Å². The largest absolute Gasteiger partial charge is 1.00 e. The number of rotatable bonds is 14. The van der Waals surface area contributed by atoms with Gasteiger partial charge >= 0.3 is 41.6 Å². The molecule has 50 heavy (non-hydrogen) atoms. The SMILES string of the molecule is CC(C)(ON=C(C(=O)NC1C(=O)N(S(=O)(=O)[O-])C1COC(N)=O)c1csc(NC(=O)CCl)n1)C(=O)OC(c1ccccc1)c1ccccc1.[Na+]. The Kier molecular flexibility index (Phi) is 13.9. The summed E-state index contributed by atoms with van der Waals surface area (Å²) in [4.78, 5) is 72.2. The van der Waals surface area contributed by atoms with Gasteiger partial charge in [-0.2, -0.15) is 0 Å². The van der Waals surface area contributed by atoms with Crippen LogP contribution in [-0.2, 0) is 43.8 Å². The number of oxime groups is 1. The van der Waals surface area contributed by atoms with Gasteiger partial charge in [-0.15, -0.1) is 22.9 Å². The molecule has 17 nitrogen and oxygen atoms in total. The Morgan fingerprint density at radius 3 is 2.20 bits per heavy atom. The first-order valence-electron chi connectivity index (χ1n) is 14.0. The number of halogens is 1. The van der Waals surface area contributed by atoms with Gasteiger partial charge < -0.3 is 35.2 Å². The number of benzene rings is 2. The monoisotopic (exact) mass is 758 g/mol. The van der Waals surface area contributed by atoms with Crippen LogP contribution in [0.25, 0.3) is 0 Å². The van der Waals surface area contributed by atoms with Crippen molar-refractivity contribution < 1.29 is 80.8 Å². The molecule has 21 heteroatoms. The van der Waals surface area contributed by atoms with E-state index < -0.39 is 82.1 Å². The van der Waals surface area contributed by atoms with Gasteiger partial charge in [0.1, 0.15) is 30.3 Å². The van der Waals surface area contributed by atoms with Crippen LogP contribution in [0.1, 0.15) is 36.8 Å². The molecule has 4 N–H and O–H groups in total. The zero-order valence-electron chi connectivity index (χ0n) is 26.6. The van der Waals surface area contributed by atoms with Crippen molar-refractivity contribution in [2.24, 2.45) is 10.9 Å². The Balaban J connectivity index is 0.00000676. The number of aromatic nitrogens is 1. The van der Waals surface area contributed by atoms with Gasteiger partial charge in [-0.05, 0) is 25.0 Å². The van der Waals surface area contributed by atoms with Crippen molar-refractivity contribution in [1.29, 1.82) is 0 Å². The Labute approximate surface area is 316 Å². The minimum absolute atomic E-state index is 0. The molecule has 260 valence electrons. The number of carbonyl (C=O) groups excluding carboxylic acids is 5. The number of anilines is 1. The third kappa shape index (κ3) is 9.99. The summed E-state index contributed by atoms with van der Waals surface area (Å²) in [7, 11) is -5.37. The fourth-order valence-corrected chi connectivity index (χ4v) is 5.95. The summed E-state index contributed by atoms with van der Waals surface area (Å²) in [6.07, 6.45) is -2.19. The van der Waals surface area contributed by atoms with E-state index in [1.54, 1.807) is 60.7 Å². The summed E-state index contributed by atoms with van der Waals surface area (Å²) >= 11 is 6.39. The van der Waals surface area contributed by atoms with Gasteiger partial charge in [0.25, 0.3) is 11.8 Å². The van der Waals surface area contributed by atoms with Crippen LogP contribution in [0.3, 0.4) is 0 Å². The van der Waals surface area contributed by atoms with E-state index in [1.807, 2.05) is 0 Å². The average Bonchev–Trinajstić information content (AvgIpc) is 3.51. The number of nitrogens with zero attached hydrogens (tertiary/aromatic N) is 3. The minimum Gasteiger partial charge on any atom is -0.731 e. The Hall–Kier alpha value is -4.11. The molecule has 4 amide bonds.